The summed E-state index contributed by atoms with van der Waals surface area (Å²) in [6.45, 7) is 15.0. The minimum atomic E-state index is -1.61. The summed E-state index contributed by atoms with van der Waals surface area (Å²) in [5.41, 5.74) is 0. The van der Waals surface area contributed by atoms with Crippen LogP contribution >= 0.6 is 24.8 Å². The third kappa shape index (κ3) is 39.1. The molecule has 0 unspecified atom stereocenters. The smallest absolute Gasteiger partial charge is 0.0809 e. The molecule has 1 aliphatic rings. The summed E-state index contributed by atoms with van der Waals surface area (Å²) in [6, 6.07) is 14.7. The molecule has 6 heteroatoms. The zero-order valence-corrected chi connectivity index (χ0v) is 25.2. The standard InChI is InChI=1S/C9H7.C5H5.C3H10OSi.C2H6Si.C2H5.CH3.CH2.2ClH.Zr/c1-2-5-9-7-3-6-8(9)4-1;1-2-4-5-3-1;1-5(2,3)4;1-3-2;1-2;;;;;/h1-7H;1-3H,4H2;4H,1-3H3;1-2H3;1H2,2H3;1H3;1H2;2*1H;/q2*-1;;;2*-1;;;;. The number of halogens is 2. The van der Waals surface area contributed by atoms with Gasteiger partial charge in [-0.1, -0.05) is 19.2 Å². The Hall–Kier alpha value is 0.0369. The first-order chi connectivity index (χ1) is 12.4. The van der Waals surface area contributed by atoms with Crippen LogP contribution in [0.3, 0.4) is 0 Å². The molecule has 168 valence electrons. The molecular formula is C23H40Cl2OSi2Zr-4. The van der Waals surface area contributed by atoms with Gasteiger partial charge in [0.05, 0.1) is 0 Å². The number of hydrogen-bond acceptors (Lipinski definition) is 1. The van der Waals surface area contributed by atoms with E-state index in [1.165, 1.54) is 35.0 Å². The van der Waals surface area contributed by atoms with Crippen LogP contribution in [0.5, 0.6) is 0 Å². The van der Waals surface area contributed by atoms with Crippen LogP contribution in [0.2, 0.25) is 32.7 Å². The van der Waals surface area contributed by atoms with Gasteiger partial charge in [0, 0.05) is 9.52 Å². The first kappa shape index (κ1) is 43.0. The Labute approximate surface area is 212 Å². The van der Waals surface area contributed by atoms with Gasteiger partial charge in [0.1, 0.15) is 0 Å². The molecule has 2 aromatic carbocycles. The van der Waals surface area contributed by atoms with Gasteiger partial charge in [-0.15, -0.1) is 60.9 Å². The maximum atomic E-state index is 8.66. The van der Waals surface area contributed by atoms with Crippen LogP contribution in [0.15, 0.2) is 60.7 Å². The number of fused-ring (bicyclic) bond motifs is 1. The van der Waals surface area contributed by atoms with Crippen molar-refractivity contribution in [2.24, 2.45) is 0 Å². The summed E-state index contributed by atoms with van der Waals surface area (Å²) in [4.78, 5) is 8.66. The SMILES string of the molecule is C[Si](C)(C)O.C[Si]C.Cl.Cl.[C-]1=CC=CC1.[CH2-]C.[CH2]=[Zr].[CH3-].c1ccc2[cH-]ccc2c1. The maximum Gasteiger partial charge on any atom is -0.0809 e. The molecule has 0 atom stereocenters. The molecule has 1 aliphatic carbocycles. The van der Waals surface area contributed by atoms with Crippen LogP contribution in [0, 0.1) is 20.4 Å². The molecule has 0 amide bonds. The fourth-order valence-electron chi connectivity index (χ4n) is 1.41. The zero-order valence-electron chi connectivity index (χ0n) is 19.2. The van der Waals surface area contributed by atoms with Gasteiger partial charge in [-0.3, -0.25) is 6.08 Å². The second kappa shape index (κ2) is 32.7. The van der Waals surface area contributed by atoms with Gasteiger partial charge in [0.15, 0.2) is 8.32 Å². The predicted molar refractivity (Wildman–Crippen MR) is 143 cm³/mol. The number of allylic oxidation sites excluding steroid dienone is 4. The van der Waals surface area contributed by atoms with Crippen LogP contribution in [-0.4, -0.2) is 26.8 Å². The quantitative estimate of drug-likeness (QED) is 0.265. The van der Waals surface area contributed by atoms with Crippen LogP contribution in [0.1, 0.15) is 13.3 Å². The molecule has 0 aromatic heterocycles. The molecule has 2 radical (unpaired) electrons. The van der Waals surface area contributed by atoms with Gasteiger partial charge in [0.25, 0.3) is 0 Å². The van der Waals surface area contributed by atoms with E-state index in [2.05, 4.69) is 78.8 Å². The Morgan fingerprint density at radius 3 is 1.86 bits per heavy atom. The van der Waals surface area contributed by atoms with Crippen LogP contribution in [-0.2, 0) is 24.2 Å². The van der Waals surface area contributed by atoms with Crippen LogP contribution in [0.25, 0.3) is 10.8 Å². The molecular weight excluding hydrogens is 511 g/mol. The molecule has 0 aliphatic heterocycles. The first-order valence-electron chi connectivity index (χ1n) is 8.57. The number of benzene rings is 1. The van der Waals surface area contributed by atoms with Crippen molar-refractivity contribution in [2.75, 3.05) is 0 Å². The molecule has 0 saturated heterocycles. The Morgan fingerprint density at radius 2 is 1.55 bits per heavy atom. The van der Waals surface area contributed by atoms with E-state index >= 15 is 0 Å². The van der Waals surface area contributed by atoms with E-state index in [0.717, 1.165) is 15.9 Å². The summed E-state index contributed by atoms with van der Waals surface area (Å²) in [5.74, 6) is 0. The minimum Gasteiger partial charge on any atom is -0.358 e. The summed E-state index contributed by atoms with van der Waals surface area (Å²) < 4.78 is 3.34. The van der Waals surface area contributed by atoms with E-state index in [9.17, 15) is 0 Å². The zero-order chi connectivity index (χ0) is 20.8. The fourth-order valence-corrected chi connectivity index (χ4v) is 1.41. The topological polar surface area (TPSA) is 20.2 Å². The fraction of sp³-hybridized carbons (Fsp3) is 0.304. The average molecular weight is 551 g/mol. The molecule has 1 N–H and O–H groups in total. The summed E-state index contributed by atoms with van der Waals surface area (Å²) in [5, 5.41) is 2.66. The van der Waals surface area contributed by atoms with E-state index in [-0.39, 0.29) is 32.2 Å². The van der Waals surface area contributed by atoms with Crippen molar-refractivity contribution in [2.45, 2.75) is 46.1 Å². The van der Waals surface area contributed by atoms with Crippen LogP contribution in [0.4, 0.5) is 0 Å². The van der Waals surface area contributed by atoms with E-state index < -0.39 is 8.32 Å². The Bertz CT molecular complexity index is 533. The van der Waals surface area contributed by atoms with E-state index in [4.69, 9.17) is 4.80 Å². The van der Waals surface area contributed by atoms with Crippen molar-refractivity contribution in [3.8, 4) is 0 Å². The third-order valence-electron chi connectivity index (χ3n) is 2.13. The van der Waals surface area contributed by atoms with Crippen molar-refractivity contribution in [1.29, 1.82) is 0 Å². The molecule has 0 heterocycles. The van der Waals surface area contributed by atoms with Crippen molar-refractivity contribution in [1.82, 2.24) is 0 Å². The molecule has 0 fully saturated rings. The maximum absolute atomic E-state index is 8.66. The second-order valence-corrected chi connectivity index (χ2v) is 11.2. The second-order valence-electron chi connectivity index (χ2n) is 5.83. The number of hydrogen-bond donors (Lipinski definition) is 1. The third-order valence-corrected chi connectivity index (χ3v) is 2.13. The monoisotopic (exact) mass is 548 g/mol. The predicted octanol–water partition coefficient (Wildman–Crippen LogP) is 7.56. The van der Waals surface area contributed by atoms with E-state index in [1.54, 1.807) is 6.92 Å². The van der Waals surface area contributed by atoms with Gasteiger partial charge in [-0.2, -0.15) is 30.5 Å². The molecule has 0 saturated carbocycles. The summed E-state index contributed by atoms with van der Waals surface area (Å²) in [7, 11) is -0.528. The molecule has 0 spiro atoms. The van der Waals surface area contributed by atoms with Crippen molar-refractivity contribution < 1.29 is 29.0 Å². The molecule has 1 nitrogen and oxygen atoms in total. The van der Waals surface area contributed by atoms with Crippen molar-refractivity contribution in [3.63, 3.8) is 0 Å². The summed E-state index contributed by atoms with van der Waals surface area (Å²) >= 11 is 1.30. The largest absolute Gasteiger partial charge is 0.358 e. The van der Waals surface area contributed by atoms with Crippen molar-refractivity contribution in [3.05, 3.63) is 81.1 Å². The molecule has 2 aromatic rings. The Kier molecular flexibility index (Phi) is 48.5. The first-order valence-corrected chi connectivity index (χ1v) is 15.8. The summed E-state index contributed by atoms with van der Waals surface area (Å²) in [6.07, 6.45) is 10.0. The molecule has 29 heavy (non-hydrogen) atoms. The van der Waals surface area contributed by atoms with Crippen LogP contribution < -0.4 is 0 Å². The Balaban J connectivity index is -0.0000000590. The van der Waals surface area contributed by atoms with E-state index in [0.29, 0.717) is 0 Å². The number of rotatable bonds is 0. The van der Waals surface area contributed by atoms with Gasteiger partial charge in [-0.05, 0) is 19.6 Å². The average Bonchev–Trinajstić information content (AvgIpc) is 3.32. The van der Waals surface area contributed by atoms with Gasteiger partial charge >= 0.3 is 28.4 Å². The van der Waals surface area contributed by atoms with Gasteiger partial charge < -0.3 is 19.1 Å². The van der Waals surface area contributed by atoms with Gasteiger partial charge in [-0.25, -0.2) is 12.2 Å². The van der Waals surface area contributed by atoms with E-state index in [1.807, 2.05) is 31.8 Å². The molecule has 3 rings (SSSR count). The normalized spacial score (nSPS) is 9.21. The Morgan fingerprint density at radius 1 is 1.10 bits per heavy atom. The van der Waals surface area contributed by atoms with Gasteiger partial charge in [0.2, 0.25) is 0 Å². The molecule has 0 bridgehead atoms. The van der Waals surface area contributed by atoms with Crippen molar-refractivity contribution >= 4 is 57.6 Å². The minimum absolute atomic E-state index is 0.